The number of thiazole rings is 1. The first kappa shape index (κ1) is 16.8. The molecule has 0 unspecified atom stereocenters. The molecule has 1 aromatic carbocycles. The summed E-state index contributed by atoms with van der Waals surface area (Å²) in [6, 6.07) is 5.87. The zero-order chi connectivity index (χ0) is 16.1. The van der Waals surface area contributed by atoms with Crippen molar-refractivity contribution in [3.05, 3.63) is 39.3 Å². The lowest BCUT2D eigenvalue weighted by Crippen LogP contribution is -2.14. The molecule has 2 N–H and O–H groups in total. The molecule has 2 rings (SSSR count). The van der Waals surface area contributed by atoms with Gasteiger partial charge in [-0.1, -0.05) is 31.5 Å². The Morgan fingerprint density at radius 1 is 1.41 bits per heavy atom. The van der Waals surface area contributed by atoms with Crippen LogP contribution < -0.4 is 10.6 Å². The van der Waals surface area contributed by atoms with E-state index in [4.69, 9.17) is 11.6 Å². The Hall–Kier alpha value is -1.59. The maximum absolute atomic E-state index is 11.8. The standard InChI is InChI=1S/C16H20ClN3OS/c1-10(2)6-15(21)20-12-5-4-11(3)14(7-12)18-8-13-9-19-16(17)22-13/h4-5,7,9-10,18H,6,8H2,1-3H3,(H,20,21). The second-order valence-electron chi connectivity index (χ2n) is 5.61. The van der Waals surface area contributed by atoms with Crippen LogP contribution in [0.15, 0.2) is 24.4 Å². The maximum atomic E-state index is 11.8. The number of nitrogens with one attached hydrogen (secondary N) is 2. The monoisotopic (exact) mass is 337 g/mol. The minimum absolute atomic E-state index is 0.0408. The van der Waals surface area contributed by atoms with E-state index in [1.54, 1.807) is 6.20 Å². The van der Waals surface area contributed by atoms with Crippen LogP contribution in [0.2, 0.25) is 4.47 Å². The topological polar surface area (TPSA) is 54.0 Å². The number of hydrogen-bond donors (Lipinski definition) is 2. The Bertz CT molecular complexity index is 655. The quantitative estimate of drug-likeness (QED) is 0.803. The summed E-state index contributed by atoms with van der Waals surface area (Å²) in [7, 11) is 0. The van der Waals surface area contributed by atoms with Crippen LogP contribution in [0.3, 0.4) is 0 Å². The summed E-state index contributed by atoms with van der Waals surface area (Å²) >= 11 is 7.29. The second-order valence-corrected chi connectivity index (χ2v) is 7.31. The first-order chi connectivity index (χ1) is 10.4. The molecule has 1 heterocycles. The number of amides is 1. The van der Waals surface area contributed by atoms with E-state index in [-0.39, 0.29) is 5.91 Å². The number of halogens is 1. The predicted octanol–water partition coefficient (Wildman–Crippen LogP) is 4.70. The van der Waals surface area contributed by atoms with Gasteiger partial charge in [0, 0.05) is 28.9 Å². The van der Waals surface area contributed by atoms with Crippen molar-refractivity contribution < 1.29 is 4.79 Å². The highest BCUT2D eigenvalue weighted by atomic mass is 35.5. The van der Waals surface area contributed by atoms with E-state index in [0.29, 0.717) is 23.4 Å². The summed E-state index contributed by atoms with van der Waals surface area (Å²) < 4.78 is 0.545. The summed E-state index contributed by atoms with van der Waals surface area (Å²) in [5, 5.41) is 6.29. The normalized spacial score (nSPS) is 10.8. The van der Waals surface area contributed by atoms with Gasteiger partial charge < -0.3 is 10.6 Å². The average molecular weight is 338 g/mol. The molecule has 2 aromatic rings. The predicted molar refractivity (Wildman–Crippen MR) is 93.7 cm³/mol. The lowest BCUT2D eigenvalue weighted by molar-refractivity contribution is -0.116. The lowest BCUT2D eigenvalue weighted by Gasteiger charge is -2.12. The second kappa shape index (κ2) is 7.61. The third-order valence-electron chi connectivity index (χ3n) is 3.09. The Balaban J connectivity index is 2.01. The molecule has 1 amide bonds. The molecule has 0 aliphatic carbocycles. The molecule has 1 aromatic heterocycles. The van der Waals surface area contributed by atoms with Crippen molar-refractivity contribution in [3.63, 3.8) is 0 Å². The zero-order valence-corrected chi connectivity index (χ0v) is 14.5. The van der Waals surface area contributed by atoms with Gasteiger partial charge in [-0.05, 0) is 30.5 Å². The Labute approximate surface area is 139 Å². The molecule has 0 spiro atoms. The molecular weight excluding hydrogens is 318 g/mol. The first-order valence-electron chi connectivity index (χ1n) is 7.18. The number of benzene rings is 1. The van der Waals surface area contributed by atoms with E-state index >= 15 is 0 Å². The smallest absolute Gasteiger partial charge is 0.224 e. The van der Waals surface area contributed by atoms with Gasteiger partial charge in [0.15, 0.2) is 4.47 Å². The van der Waals surface area contributed by atoms with Gasteiger partial charge in [0.1, 0.15) is 0 Å². The molecule has 0 radical (unpaired) electrons. The van der Waals surface area contributed by atoms with Gasteiger partial charge in [0.2, 0.25) is 5.91 Å². The number of nitrogens with zero attached hydrogens (tertiary/aromatic N) is 1. The van der Waals surface area contributed by atoms with Gasteiger partial charge in [-0.3, -0.25) is 4.79 Å². The van der Waals surface area contributed by atoms with Crippen molar-refractivity contribution in [2.24, 2.45) is 5.92 Å². The van der Waals surface area contributed by atoms with E-state index in [2.05, 4.69) is 15.6 Å². The minimum atomic E-state index is 0.0408. The van der Waals surface area contributed by atoms with Crippen LogP contribution in [-0.4, -0.2) is 10.9 Å². The number of aryl methyl sites for hydroxylation is 1. The molecule has 0 saturated carbocycles. The summed E-state index contributed by atoms with van der Waals surface area (Å²) in [4.78, 5) is 16.9. The van der Waals surface area contributed by atoms with Crippen molar-refractivity contribution in [2.75, 3.05) is 10.6 Å². The fourth-order valence-electron chi connectivity index (χ4n) is 2.02. The van der Waals surface area contributed by atoms with Crippen LogP contribution >= 0.6 is 22.9 Å². The van der Waals surface area contributed by atoms with E-state index in [1.165, 1.54) is 11.3 Å². The maximum Gasteiger partial charge on any atom is 0.224 e. The van der Waals surface area contributed by atoms with Crippen molar-refractivity contribution in [1.29, 1.82) is 0 Å². The molecule has 0 atom stereocenters. The van der Waals surface area contributed by atoms with E-state index in [1.807, 2.05) is 39.0 Å². The fraction of sp³-hybridized carbons (Fsp3) is 0.375. The number of hydrogen-bond acceptors (Lipinski definition) is 4. The van der Waals surface area contributed by atoms with Gasteiger partial charge >= 0.3 is 0 Å². The van der Waals surface area contributed by atoms with Crippen molar-refractivity contribution in [3.8, 4) is 0 Å². The molecule has 4 nitrogen and oxygen atoms in total. The van der Waals surface area contributed by atoms with Crippen LogP contribution in [0.4, 0.5) is 11.4 Å². The SMILES string of the molecule is Cc1ccc(NC(=O)CC(C)C)cc1NCc1cnc(Cl)s1. The van der Waals surface area contributed by atoms with Gasteiger partial charge in [-0.15, -0.1) is 11.3 Å². The van der Waals surface area contributed by atoms with Crippen LogP contribution in [0.1, 0.15) is 30.7 Å². The molecule has 0 fully saturated rings. The molecule has 6 heteroatoms. The summed E-state index contributed by atoms with van der Waals surface area (Å²) in [6.45, 7) is 6.75. The Morgan fingerprint density at radius 3 is 2.82 bits per heavy atom. The van der Waals surface area contributed by atoms with Crippen molar-refractivity contribution in [2.45, 2.75) is 33.7 Å². The average Bonchev–Trinajstić information content (AvgIpc) is 2.84. The molecule has 118 valence electrons. The van der Waals surface area contributed by atoms with Crippen LogP contribution in [-0.2, 0) is 11.3 Å². The van der Waals surface area contributed by atoms with E-state index in [0.717, 1.165) is 21.8 Å². The minimum Gasteiger partial charge on any atom is -0.380 e. The number of aromatic nitrogens is 1. The Morgan fingerprint density at radius 2 is 2.18 bits per heavy atom. The molecule has 0 saturated heterocycles. The molecule has 0 aliphatic rings. The van der Waals surface area contributed by atoms with Gasteiger partial charge in [0.05, 0.1) is 6.54 Å². The summed E-state index contributed by atoms with van der Waals surface area (Å²) in [5.41, 5.74) is 2.92. The van der Waals surface area contributed by atoms with Crippen LogP contribution in [0.5, 0.6) is 0 Å². The highest BCUT2D eigenvalue weighted by Crippen LogP contribution is 2.23. The molecular formula is C16H20ClN3OS. The third-order valence-corrected chi connectivity index (χ3v) is 4.21. The summed E-state index contributed by atoms with van der Waals surface area (Å²) in [6.07, 6.45) is 2.29. The number of carbonyl (C=O) groups excluding carboxylic acids is 1. The number of carbonyl (C=O) groups is 1. The third kappa shape index (κ3) is 5.00. The van der Waals surface area contributed by atoms with Gasteiger partial charge in [-0.2, -0.15) is 0 Å². The lowest BCUT2D eigenvalue weighted by atomic mass is 10.1. The van der Waals surface area contributed by atoms with Crippen molar-refractivity contribution >= 4 is 40.2 Å². The highest BCUT2D eigenvalue weighted by molar-refractivity contribution is 7.15. The van der Waals surface area contributed by atoms with Crippen LogP contribution in [0, 0.1) is 12.8 Å². The van der Waals surface area contributed by atoms with Gasteiger partial charge in [0.25, 0.3) is 0 Å². The largest absolute Gasteiger partial charge is 0.380 e. The number of rotatable bonds is 6. The Kier molecular flexibility index (Phi) is 5.80. The molecule has 0 bridgehead atoms. The van der Waals surface area contributed by atoms with Crippen LogP contribution in [0.25, 0.3) is 0 Å². The zero-order valence-electron chi connectivity index (χ0n) is 12.9. The van der Waals surface area contributed by atoms with Crippen molar-refractivity contribution in [1.82, 2.24) is 4.98 Å². The molecule has 22 heavy (non-hydrogen) atoms. The highest BCUT2D eigenvalue weighted by Gasteiger charge is 2.07. The number of anilines is 2. The molecule has 0 aliphatic heterocycles. The van der Waals surface area contributed by atoms with E-state index < -0.39 is 0 Å². The first-order valence-corrected chi connectivity index (χ1v) is 8.38. The van der Waals surface area contributed by atoms with Gasteiger partial charge in [-0.25, -0.2) is 4.98 Å². The summed E-state index contributed by atoms with van der Waals surface area (Å²) in [5.74, 6) is 0.387. The fourth-order valence-corrected chi connectivity index (χ4v) is 2.94. The van der Waals surface area contributed by atoms with E-state index in [9.17, 15) is 4.79 Å².